The average molecular weight is 451 g/mol. The maximum absolute atomic E-state index is 13.0. The van der Waals surface area contributed by atoms with Crippen molar-refractivity contribution >= 4 is 35.0 Å². The summed E-state index contributed by atoms with van der Waals surface area (Å²) in [6.45, 7) is 6.16. The lowest BCUT2D eigenvalue weighted by molar-refractivity contribution is -0.141. The van der Waals surface area contributed by atoms with Crippen molar-refractivity contribution in [2.45, 2.75) is 52.2 Å². The molecule has 0 bridgehead atoms. The number of rotatable bonds is 10. The van der Waals surface area contributed by atoms with E-state index in [-0.39, 0.29) is 30.8 Å². The van der Waals surface area contributed by atoms with Crippen molar-refractivity contribution in [2.75, 3.05) is 6.61 Å². The highest BCUT2D eigenvalue weighted by molar-refractivity contribution is 6.31. The van der Waals surface area contributed by atoms with Gasteiger partial charge in [0.2, 0.25) is 11.8 Å². The number of halogens is 2. The molecule has 2 aromatic rings. The highest BCUT2D eigenvalue weighted by Crippen LogP contribution is 2.20. The van der Waals surface area contributed by atoms with Crippen molar-refractivity contribution < 1.29 is 14.3 Å². The number of carbonyl (C=O) groups excluding carboxylic acids is 2. The van der Waals surface area contributed by atoms with Gasteiger partial charge in [0.15, 0.2) is 0 Å². The zero-order valence-corrected chi connectivity index (χ0v) is 19.0. The number of ether oxygens (including phenoxy) is 1. The minimum atomic E-state index is -0.617. The lowest BCUT2D eigenvalue weighted by atomic mass is 10.1. The Morgan fingerprint density at radius 3 is 2.33 bits per heavy atom. The van der Waals surface area contributed by atoms with E-state index in [1.807, 2.05) is 32.0 Å². The van der Waals surface area contributed by atoms with Crippen LogP contribution in [0.2, 0.25) is 10.0 Å². The van der Waals surface area contributed by atoms with Gasteiger partial charge in [-0.05, 0) is 63.1 Å². The second-order valence-corrected chi connectivity index (χ2v) is 8.20. The highest BCUT2D eigenvalue weighted by atomic mass is 35.5. The Labute approximate surface area is 188 Å². The predicted octanol–water partition coefficient (Wildman–Crippen LogP) is 5.09. The normalized spacial score (nSPS) is 11.8. The van der Waals surface area contributed by atoms with Crippen molar-refractivity contribution in [3.63, 3.8) is 0 Å². The first-order valence-electron chi connectivity index (χ1n) is 9.99. The summed E-state index contributed by atoms with van der Waals surface area (Å²) in [5.41, 5.74) is 0.800. The number of hydrogen-bond donors (Lipinski definition) is 1. The molecular formula is C23H28Cl2N2O3. The fourth-order valence-corrected chi connectivity index (χ4v) is 3.21. The van der Waals surface area contributed by atoms with Crippen molar-refractivity contribution in [1.82, 2.24) is 10.2 Å². The molecule has 5 nitrogen and oxygen atoms in total. The van der Waals surface area contributed by atoms with Gasteiger partial charge < -0.3 is 15.0 Å². The molecule has 0 unspecified atom stereocenters. The molecule has 0 saturated heterocycles. The second kappa shape index (κ2) is 11.8. The predicted molar refractivity (Wildman–Crippen MR) is 121 cm³/mol. The van der Waals surface area contributed by atoms with Crippen molar-refractivity contribution in [2.24, 2.45) is 0 Å². The third-order valence-electron chi connectivity index (χ3n) is 4.51. The first-order chi connectivity index (χ1) is 14.3. The Hall–Kier alpha value is -2.24. The summed E-state index contributed by atoms with van der Waals surface area (Å²) in [5, 5.41) is 4.08. The molecule has 0 radical (unpaired) electrons. The zero-order valence-electron chi connectivity index (χ0n) is 17.5. The van der Waals surface area contributed by atoms with Gasteiger partial charge >= 0.3 is 0 Å². The minimum Gasteiger partial charge on any atom is -0.494 e. The Kier molecular flexibility index (Phi) is 9.47. The summed E-state index contributed by atoms with van der Waals surface area (Å²) in [4.78, 5) is 27.1. The molecule has 2 rings (SSSR count). The van der Waals surface area contributed by atoms with Crippen LogP contribution >= 0.6 is 23.2 Å². The van der Waals surface area contributed by atoms with E-state index in [4.69, 9.17) is 27.9 Å². The molecule has 0 heterocycles. The molecule has 7 heteroatoms. The third kappa shape index (κ3) is 7.54. The molecule has 0 spiro atoms. The summed E-state index contributed by atoms with van der Waals surface area (Å²) in [7, 11) is 0. The lowest BCUT2D eigenvalue weighted by Gasteiger charge is -2.29. The third-order valence-corrected chi connectivity index (χ3v) is 5.13. The quantitative estimate of drug-likeness (QED) is 0.512. The molecule has 0 aromatic heterocycles. The van der Waals surface area contributed by atoms with Crippen molar-refractivity contribution in [1.29, 1.82) is 0 Å². The largest absolute Gasteiger partial charge is 0.494 e. The topological polar surface area (TPSA) is 58.6 Å². The fourth-order valence-electron chi connectivity index (χ4n) is 2.89. The summed E-state index contributed by atoms with van der Waals surface area (Å²) in [6, 6.07) is 13.8. The maximum Gasteiger partial charge on any atom is 0.242 e. The van der Waals surface area contributed by atoms with Gasteiger partial charge in [0.05, 0.1) is 6.61 Å². The minimum absolute atomic E-state index is 0.00927. The van der Waals surface area contributed by atoms with Gasteiger partial charge in [-0.2, -0.15) is 0 Å². The Bertz CT molecular complexity index is 841. The summed E-state index contributed by atoms with van der Waals surface area (Å²) in [5.74, 6) is 0.383. The number of hydrogen-bond acceptors (Lipinski definition) is 3. The molecule has 0 aliphatic heterocycles. The monoisotopic (exact) mass is 450 g/mol. The first kappa shape index (κ1) is 24.0. The highest BCUT2D eigenvalue weighted by Gasteiger charge is 2.26. The van der Waals surface area contributed by atoms with E-state index in [1.54, 1.807) is 42.2 Å². The summed E-state index contributed by atoms with van der Waals surface area (Å²) in [6.07, 6.45) is 0.788. The van der Waals surface area contributed by atoms with Gasteiger partial charge in [-0.1, -0.05) is 41.4 Å². The molecular weight excluding hydrogens is 423 g/mol. The van der Waals surface area contributed by atoms with Crippen LogP contribution in [0.1, 0.15) is 39.2 Å². The van der Waals surface area contributed by atoms with Crippen molar-refractivity contribution in [3.05, 3.63) is 64.1 Å². The molecule has 2 amide bonds. The SMILES string of the molecule is CC(C)NC(=O)[C@@H](C)N(Cc1ccccc1Cl)C(=O)CCCOc1ccc(Cl)cc1. The molecule has 0 saturated carbocycles. The van der Waals surface area contributed by atoms with E-state index in [2.05, 4.69) is 5.32 Å². The number of benzene rings is 2. The number of amides is 2. The number of carbonyl (C=O) groups is 2. The molecule has 1 N–H and O–H groups in total. The van der Waals surface area contributed by atoms with Gasteiger partial charge in [-0.15, -0.1) is 0 Å². The Balaban J connectivity index is 2.00. The first-order valence-corrected chi connectivity index (χ1v) is 10.7. The fraction of sp³-hybridized carbons (Fsp3) is 0.391. The molecule has 0 aliphatic rings. The van der Waals surface area contributed by atoms with Crippen molar-refractivity contribution in [3.8, 4) is 5.75 Å². The second-order valence-electron chi connectivity index (χ2n) is 7.36. The zero-order chi connectivity index (χ0) is 22.1. The van der Waals surface area contributed by atoms with Crippen LogP contribution in [0.25, 0.3) is 0 Å². The molecule has 2 aromatic carbocycles. The lowest BCUT2D eigenvalue weighted by Crippen LogP contribution is -2.49. The van der Waals surface area contributed by atoms with E-state index in [0.717, 1.165) is 5.56 Å². The van der Waals surface area contributed by atoms with Crippen LogP contribution in [0.15, 0.2) is 48.5 Å². The van der Waals surface area contributed by atoms with Crippen LogP contribution in [0.5, 0.6) is 5.75 Å². The van der Waals surface area contributed by atoms with Crippen LogP contribution in [-0.4, -0.2) is 35.4 Å². The van der Waals surface area contributed by atoms with Gasteiger partial charge in [-0.3, -0.25) is 9.59 Å². The maximum atomic E-state index is 13.0. The van der Waals surface area contributed by atoms with Crippen LogP contribution in [0, 0.1) is 0 Å². The Morgan fingerprint density at radius 2 is 1.70 bits per heavy atom. The van der Waals surface area contributed by atoms with E-state index in [1.165, 1.54) is 0 Å². The van der Waals surface area contributed by atoms with Crippen LogP contribution in [0.3, 0.4) is 0 Å². The Morgan fingerprint density at radius 1 is 1.03 bits per heavy atom. The number of nitrogens with zero attached hydrogens (tertiary/aromatic N) is 1. The van der Waals surface area contributed by atoms with Crippen LogP contribution in [0.4, 0.5) is 0 Å². The van der Waals surface area contributed by atoms with Gasteiger partial charge in [0.25, 0.3) is 0 Å². The number of nitrogens with one attached hydrogen (secondary N) is 1. The van der Waals surface area contributed by atoms with E-state index in [0.29, 0.717) is 28.8 Å². The van der Waals surface area contributed by atoms with Gasteiger partial charge in [0.1, 0.15) is 11.8 Å². The van der Waals surface area contributed by atoms with E-state index in [9.17, 15) is 9.59 Å². The molecule has 1 atom stereocenters. The summed E-state index contributed by atoms with van der Waals surface area (Å²) >= 11 is 12.1. The van der Waals surface area contributed by atoms with Gasteiger partial charge in [-0.25, -0.2) is 0 Å². The molecule has 30 heavy (non-hydrogen) atoms. The van der Waals surface area contributed by atoms with E-state index < -0.39 is 6.04 Å². The van der Waals surface area contributed by atoms with Crippen LogP contribution in [-0.2, 0) is 16.1 Å². The average Bonchev–Trinajstić information content (AvgIpc) is 2.70. The molecule has 0 fully saturated rings. The molecule has 162 valence electrons. The van der Waals surface area contributed by atoms with Gasteiger partial charge in [0, 0.05) is 29.1 Å². The van der Waals surface area contributed by atoms with Crippen LogP contribution < -0.4 is 10.1 Å². The molecule has 0 aliphatic carbocycles. The smallest absolute Gasteiger partial charge is 0.242 e. The standard InChI is InChI=1S/C23H28Cl2N2O3/c1-16(2)26-23(29)17(3)27(15-18-7-4-5-8-21(18)25)22(28)9-6-14-30-20-12-10-19(24)11-13-20/h4-5,7-8,10-13,16-17H,6,9,14-15H2,1-3H3,(H,26,29)/t17-/m1/s1. The van der Waals surface area contributed by atoms with E-state index >= 15 is 0 Å². The summed E-state index contributed by atoms with van der Waals surface area (Å²) < 4.78 is 5.66.